The predicted octanol–water partition coefficient (Wildman–Crippen LogP) is 12.4. The Morgan fingerprint density at radius 2 is 0.946 bits per heavy atom. The standard InChI is InChI=1S/C52H42N4/c1-36-13-12-20-46(33-36)50-35-49(43-18-10-5-11-19-43)55-52(56(50)2)45-31-27-40(28-32-45)38-23-21-37(22-24-38)39-25-29-44(30-26-39)51-53-47(41-14-6-3-7-15-41)34-48(54-51)42-16-8-4-9-17-42/h3-32,34-36,50H,33H2,1-2H3. The lowest BCUT2D eigenvalue weighted by Crippen LogP contribution is -2.40. The SMILES string of the molecule is CC1C=CC=C(C2C=C(c3ccccc3)N=C(c3ccc(-c4ccc(-c5ccc(-c6nc(-c7ccccc7)cc(-c7ccccc7)n6)cc5)cc4)cc3)N2C)C1. The van der Waals surface area contributed by atoms with Gasteiger partial charge in [-0.2, -0.15) is 0 Å². The molecule has 4 nitrogen and oxygen atoms in total. The van der Waals surface area contributed by atoms with E-state index >= 15 is 0 Å². The largest absolute Gasteiger partial charge is 0.349 e. The maximum atomic E-state index is 5.23. The quantitative estimate of drug-likeness (QED) is 0.157. The highest BCUT2D eigenvalue weighted by atomic mass is 15.2. The van der Waals surface area contributed by atoms with Gasteiger partial charge in [-0.25, -0.2) is 15.0 Å². The second-order valence-electron chi connectivity index (χ2n) is 14.6. The van der Waals surface area contributed by atoms with E-state index in [1.54, 1.807) is 0 Å². The molecule has 2 heterocycles. The molecule has 2 unspecified atom stereocenters. The summed E-state index contributed by atoms with van der Waals surface area (Å²) in [7, 11) is 2.17. The van der Waals surface area contributed by atoms with Gasteiger partial charge >= 0.3 is 0 Å². The minimum absolute atomic E-state index is 0.144. The van der Waals surface area contributed by atoms with Crippen LogP contribution in [0, 0.1) is 5.92 Å². The van der Waals surface area contributed by atoms with Gasteiger partial charge in [0.2, 0.25) is 0 Å². The molecule has 0 fully saturated rings. The molecule has 0 saturated heterocycles. The van der Waals surface area contributed by atoms with Crippen molar-refractivity contribution in [2.24, 2.45) is 10.9 Å². The van der Waals surface area contributed by atoms with Gasteiger partial charge in [-0.1, -0.05) is 189 Å². The third kappa shape index (κ3) is 7.30. The van der Waals surface area contributed by atoms with Crippen LogP contribution in [-0.4, -0.2) is 33.8 Å². The summed E-state index contributed by atoms with van der Waals surface area (Å²) in [4.78, 5) is 17.6. The smallest absolute Gasteiger partial charge is 0.160 e. The number of allylic oxidation sites excluding steroid dienone is 3. The summed E-state index contributed by atoms with van der Waals surface area (Å²) in [6.45, 7) is 2.29. The Morgan fingerprint density at radius 3 is 1.43 bits per heavy atom. The van der Waals surface area contributed by atoms with Crippen LogP contribution in [0.1, 0.15) is 24.5 Å². The summed E-state index contributed by atoms with van der Waals surface area (Å²) in [6, 6.07) is 59.5. The fourth-order valence-corrected chi connectivity index (χ4v) is 7.68. The third-order valence-corrected chi connectivity index (χ3v) is 10.8. The van der Waals surface area contributed by atoms with Gasteiger partial charge in [-0.3, -0.25) is 0 Å². The first-order chi connectivity index (χ1) is 27.6. The van der Waals surface area contributed by atoms with Crippen LogP contribution in [0.25, 0.3) is 61.9 Å². The lowest BCUT2D eigenvalue weighted by molar-refractivity contribution is 0.446. The molecule has 1 aromatic heterocycles. The highest BCUT2D eigenvalue weighted by Crippen LogP contribution is 2.34. The minimum atomic E-state index is 0.144. The van der Waals surface area contributed by atoms with Gasteiger partial charge in [0.1, 0.15) is 5.84 Å². The number of aromatic nitrogens is 2. The summed E-state index contributed by atoms with van der Waals surface area (Å²) >= 11 is 0. The van der Waals surface area contributed by atoms with E-state index in [2.05, 4.69) is 177 Å². The first kappa shape index (κ1) is 34.8. The number of hydrogen-bond donors (Lipinski definition) is 0. The van der Waals surface area contributed by atoms with E-state index in [0.717, 1.165) is 68.3 Å². The first-order valence-corrected chi connectivity index (χ1v) is 19.3. The van der Waals surface area contributed by atoms with Gasteiger partial charge in [0.05, 0.1) is 23.1 Å². The summed E-state index contributed by atoms with van der Waals surface area (Å²) in [5.74, 6) is 2.22. The monoisotopic (exact) mass is 722 g/mol. The van der Waals surface area contributed by atoms with Crippen molar-refractivity contribution in [3.05, 3.63) is 211 Å². The molecule has 1 aliphatic carbocycles. The number of aliphatic imine (C=N–C) groups is 1. The van der Waals surface area contributed by atoms with Crippen LogP contribution in [-0.2, 0) is 0 Å². The van der Waals surface area contributed by atoms with Crippen LogP contribution in [0.3, 0.4) is 0 Å². The summed E-state index contributed by atoms with van der Waals surface area (Å²) in [6.07, 6.45) is 10.1. The molecule has 0 radical (unpaired) electrons. The molecular formula is C52H42N4. The summed E-state index contributed by atoms with van der Waals surface area (Å²) < 4.78 is 0. The maximum Gasteiger partial charge on any atom is 0.160 e. The minimum Gasteiger partial charge on any atom is -0.349 e. The Balaban J connectivity index is 0.955. The van der Waals surface area contributed by atoms with Crippen molar-refractivity contribution in [2.45, 2.75) is 19.4 Å². The molecule has 56 heavy (non-hydrogen) atoms. The van der Waals surface area contributed by atoms with E-state index in [0.29, 0.717) is 11.7 Å². The lowest BCUT2D eigenvalue weighted by Gasteiger charge is -2.36. The molecule has 0 spiro atoms. The second kappa shape index (κ2) is 15.4. The average Bonchev–Trinajstić information content (AvgIpc) is 3.27. The topological polar surface area (TPSA) is 41.4 Å². The molecule has 270 valence electrons. The molecule has 7 aromatic rings. The fourth-order valence-electron chi connectivity index (χ4n) is 7.68. The number of nitrogens with zero attached hydrogens (tertiary/aromatic N) is 4. The number of amidine groups is 1. The van der Waals surface area contributed by atoms with Gasteiger partial charge in [0, 0.05) is 29.3 Å². The molecule has 0 N–H and O–H groups in total. The van der Waals surface area contributed by atoms with Crippen molar-refractivity contribution in [3.8, 4) is 56.2 Å². The summed E-state index contributed by atoms with van der Waals surface area (Å²) in [5, 5.41) is 0. The van der Waals surface area contributed by atoms with Crippen molar-refractivity contribution in [1.82, 2.24) is 14.9 Å². The molecular weight excluding hydrogens is 681 g/mol. The Labute approximate surface area is 329 Å². The van der Waals surface area contributed by atoms with Crippen molar-refractivity contribution < 1.29 is 0 Å². The van der Waals surface area contributed by atoms with Gasteiger partial charge < -0.3 is 4.90 Å². The predicted molar refractivity (Wildman–Crippen MR) is 233 cm³/mol. The molecule has 6 aromatic carbocycles. The zero-order valence-electron chi connectivity index (χ0n) is 31.6. The molecule has 2 aliphatic rings. The number of rotatable bonds is 8. The van der Waals surface area contributed by atoms with Crippen LogP contribution in [0.5, 0.6) is 0 Å². The van der Waals surface area contributed by atoms with E-state index in [-0.39, 0.29) is 6.04 Å². The van der Waals surface area contributed by atoms with Gasteiger partial charge in [-0.05, 0) is 57.9 Å². The van der Waals surface area contributed by atoms with Crippen LogP contribution in [0.4, 0.5) is 0 Å². The molecule has 2 atom stereocenters. The molecule has 0 bridgehead atoms. The zero-order chi connectivity index (χ0) is 37.8. The van der Waals surface area contributed by atoms with E-state index in [4.69, 9.17) is 15.0 Å². The Morgan fingerprint density at radius 1 is 0.500 bits per heavy atom. The number of benzene rings is 6. The van der Waals surface area contributed by atoms with Crippen LogP contribution in [0.15, 0.2) is 205 Å². The van der Waals surface area contributed by atoms with Crippen molar-refractivity contribution in [2.75, 3.05) is 7.05 Å². The third-order valence-electron chi connectivity index (χ3n) is 10.8. The first-order valence-electron chi connectivity index (χ1n) is 19.3. The molecule has 0 amide bonds. The van der Waals surface area contributed by atoms with Gasteiger partial charge in [-0.15, -0.1) is 0 Å². The van der Waals surface area contributed by atoms with Crippen molar-refractivity contribution in [3.63, 3.8) is 0 Å². The Kier molecular flexibility index (Phi) is 9.61. The highest BCUT2D eigenvalue weighted by Gasteiger charge is 2.28. The average molecular weight is 723 g/mol. The number of hydrogen-bond acceptors (Lipinski definition) is 4. The van der Waals surface area contributed by atoms with E-state index < -0.39 is 0 Å². The van der Waals surface area contributed by atoms with Crippen molar-refractivity contribution in [1.29, 1.82) is 0 Å². The zero-order valence-corrected chi connectivity index (χ0v) is 31.6. The summed E-state index contributed by atoms with van der Waals surface area (Å²) in [5.41, 5.74) is 14.2. The Hall–Kier alpha value is -6.91. The van der Waals surface area contributed by atoms with Crippen LogP contribution < -0.4 is 0 Å². The fraction of sp³-hybridized carbons (Fsp3) is 0.0962. The van der Waals surface area contributed by atoms with Gasteiger partial charge in [0.25, 0.3) is 0 Å². The Bertz CT molecular complexity index is 2530. The van der Waals surface area contributed by atoms with Gasteiger partial charge in [0.15, 0.2) is 5.82 Å². The van der Waals surface area contributed by atoms with Crippen LogP contribution >= 0.6 is 0 Å². The number of likely N-dealkylation sites (N-methyl/N-ethyl adjacent to an activating group) is 1. The van der Waals surface area contributed by atoms with Crippen molar-refractivity contribution >= 4 is 11.5 Å². The lowest BCUT2D eigenvalue weighted by atomic mass is 9.88. The maximum absolute atomic E-state index is 5.23. The van der Waals surface area contributed by atoms with Crippen LogP contribution in [0.2, 0.25) is 0 Å². The molecule has 1 aliphatic heterocycles. The molecule has 4 heteroatoms. The molecule has 0 saturated carbocycles. The normalized spacial score (nSPS) is 16.5. The van der Waals surface area contributed by atoms with E-state index in [1.807, 2.05) is 36.4 Å². The highest BCUT2D eigenvalue weighted by molar-refractivity contribution is 6.03. The second-order valence-corrected chi connectivity index (χ2v) is 14.6. The van der Waals surface area contributed by atoms with E-state index in [1.165, 1.54) is 16.7 Å². The molecule has 9 rings (SSSR count). The van der Waals surface area contributed by atoms with E-state index in [9.17, 15) is 0 Å².